The van der Waals surface area contributed by atoms with Crippen molar-refractivity contribution in [2.45, 2.75) is 71.4 Å². The maximum absolute atomic E-state index is 13.3. The van der Waals surface area contributed by atoms with E-state index in [4.69, 9.17) is 9.73 Å². The number of ketones is 1. The molecule has 2 aromatic carbocycles. The zero-order valence-corrected chi connectivity index (χ0v) is 24.1. The largest absolute Gasteiger partial charge is 0.511 e. The maximum atomic E-state index is 13.3. The number of carboxylic acids is 1. The van der Waals surface area contributed by atoms with E-state index in [1.165, 1.54) is 4.90 Å². The van der Waals surface area contributed by atoms with Gasteiger partial charge in [0.1, 0.15) is 18.4 Å². The molecule has 0 radical (unpaired) electrons. The molecular formula is C33H38N2O6. The molecule has 216 valence electrons. The number of carboxylic acid groups (broad SMARTS) is 1. The summed E-state index contributed by atoms with van der Waals surface area (Å²) in [5.74, 6) is -1.22. The summed E-state index contributed by atoms with van der Waals surface area (Å²) in [5, 5.41) is 20.8. The van der Waals surface area contributed by atoms with Crippen molar-refractivity contribution in [1.82, 2.24) is 4.90 Å². The molecule has 1 heterocycles. The zero-order valence-electron chi connectivity index (χ0n) is 24.1. The number of allylic oxidation sites excluding steroid dienone is 2. The smallest absolute Gasteiger partial charge is 0.410 e. The highest BCUT2D eigenvalue weighted by atomic mass is 16.6. The second kappa shape index (κ2) is 11.1. The minimum atomic E-state index is -1.13. The number of amides is 1. The van der Waals surface area contributed by atoms with E-state index in [-0.39, 0.29) is 53.9 Å². The van der Waals surface area contributed by atoms with Crippen LogP contribution in [0.2, 0.25) is 0 Å². The fraction of sp³-hybridized carbons (Fsp3) is 0.455. The van der Waals surface area contributed by atoms with E-state index in [9.17, 15) is 24.6 Å². The van der Waals surface area contributed by atoms with E-state index in [2.05, 4.69) is 12.1 Å². The number of ether oxygens (including phenoxy) is 1. The zero-order chi connectivity index (χ0) is 29.5. The highest BCUT2D eigenvalue weighted by Gasteiger charge is 2.42. The summed E-state index contributed by atoms with van der Waals surface area (Å²) >= 11 is 0. The normalized spacial score (nSPS) is 22.2. The second-order valence-corrected chi connectivity index (χ2v) is 12.6. The van der Waals surface area contributed by atoms with Crippen LogP contribution in [-0.4, -0.2) is 63.9 Å². The van der Waals surface area contributed by atoms with Gasteiger partial charge >= 0.3 is 12.1 Å². The molecule has 1 aliphatic heterocycles. The lowest BCUT2D eigenvalue weighted by Crippen LogP contribution is -2.41. The number of aliphatic hydroxyl groups excluding tert-OH is 1. The van der Waals surface area contributed by atoms with E-state index < -0.39 is 24.1 Å². The molecule has 2 aromatic rings. The molecule has 2 N–H and O–H groups in total. The number of hydrogen-bond donors (Lipinski definition) is 2. The minimum absolute atomic E-state index is 0.0341. The van der Waals surface area contributed by atoms with E-state index in [0.29, 0.717) is 25.0 Å². The first kappa shape index (κ1) is 28.6. The van der Waals surface area contributed by atoms with Gasteiger partial charge < -0.3 is 14.9 Å². The highest BCUT2D eigenvalue weighted by molar-refractivity contribution is 6.23. The first-order chi connectivity index (χ1) is 19.4. The van der Waals surface area contributed by atoms with Crippen LogP contribution in [0.15, 0.2) is 64.9 Å². The average Bonchev–Trinajstić information content (AvgIpc) is 3.45. The van der Waals surface area contributed by atoms with Gasteiger partial charge in [0.2, 0.25) is 0 Å². The number of aliphatic imine (C=N–C) groups is 1. The molecule has 0 aromatic heterocycles. The third-order valence-electron chi connectivity index (χ3n) is 8.22. The van der Waals surface area contributed by atoms with E-state index >= 15 is 0 Å². The predicted octanol–water partition coefficient (Wildman–Crippen LogP) is 6.15. The number of benzene rings is 2. The third kappa shape index (κ3) is 5.78. The van der Waals surface area contributed by atoms with Crippen LogP contribution in [0.1, 0.15) is 70.4 Å². The van der Waals surface area contributed by atoms with E-state index in [1.54, 1.807) is 0 Å². The molecule has 2 atom stereocenters. The van der Waals surface area contributed by atoms with Gasteiger partial charge in [-0.2, -0.15) is 0 Å². The topological polar surface area (TPSA) is 116 Å². The Balaban J connectivity index is 1.36. The molecule has 3 aliphatic rings. The van der Waals surface area contributed by atoms with Crippen molar-refractivity contribution in [3.05, 3.63) is 71.0 Å². The van der Waals surface area contributed by atoms with E-state index in [0.717, 1.165) is 22.3 Å². The van der Waals surface area contributed by atoms with Crippen LogP contribution in [0, 0.1) is 11.3 Å². The molecule has 8 nitrogen and oxygen atoms in total. The van der Waals surface area contributed by atoms with Crippen molar-refractivity contribution in [3.8, 4) is 11.1 Å². The number of hydrogen-bond acceptors (Lipinski definition) is 6. The molecular weight excluding hydrogens is 520 g/mol. The Labute approximate surface area is 240 Å². The number of fused-ring (bicyclic) bond motifs is 3. The molecule has 8 heteroatoms. The summed E-state index contributed by atoms with van der Waals surface area (Å²) < 4.78 is 5.77. The van der Waals surface area contributed by atoms with Gasteiger partial charge in [-0.25, -0.2) is 9.59 Å². The van der Waals surface area contributed by atoms with Crippen molar-refractivity contribution in [3.63, 3.8) is 0 Å². The standard InChI is InChI=1S/C33H38N2O6/c1-19(2)13-26(30-28(36)15-33(3,4)16-29(30)37)34-20-14-27(31(38)39)35(17-20)32(40)41-18-25-23-11-7-5-9-21(23)22-10-6-8-12-24(22)25/h5-12,19-20,25,27,36H,13-18H2,1-4H3,(H,38,39)/t20-,27-/m0/s1. The Morgan fingerprint density at radius 3 is 2.22 bits per heavy atom. The lowest BCUT2D eigenvalue weighted by atomic mass is 9.75. The van der Waals surface area contributed by atoms with Gasteiger partial charge in [-0.15, -0.1) is 0 Å². The van der Waals surface area contributed by atoms with Crippen molar-refractivity contribution in [2.75, 3.05) is 13.2 Å². The fourth-order valence-electron chi connectivity index (χ4n) is 6.46. The molecule has 0 bridgehead atoms. The Hall–Kier alpha value is -3.94. The second-order valence-electron chi connectivity index (χ2n) is 12.6. The van der Waals surface area contributed by atoms with Gasteiger partial charge in [0.05, 0.1) is 11.6 Å². The van der Waals surface area contributed by atoms with Crippen LogP contribution < -0.4 is 0 Å². The summed E-state index contributed by atoms with van der Waals surface area (Å²) in [6.07, 6.45) is 0.552. The number of carbonyl (C=O) groups excluding carboxylic acids is 2. The summed E-state index contributed by atoms with van der Waals surface area (Å²) in [4.78, 5) is 44.6. The number of Topliss-reactive ketones (excluding diaryl/α,β-unsaturated/α-hetero) is 1. The number of rotatable bonds is 7. The van der Waals surface area contributed by atoms with Gasteiger partial charge in [0, 0.05) is 37.4 Å². The number of likely N-dealkylation sites (tertiary alicyclic amines) is 1. The SMILES string of the molecule is CC(C)CC(=N[C@H]1C[C@@H](C(=O)O)N(C(=O)OCC2c3ccccc3-c3ccccc32)C1)C1=C(O)CC(C)(C)CC1=O. The van der Waals surface area contributed by atoms with Crippen LogP contribution in [0.4, 0.5) is 4.79 Å². The molecule has 2 aliphatic carbocycles. The Bertz CT molecular complexity index is 1390. The number of carbonyl (C=O) groups is 3. The number of aliphatic carboxylic acids is 1. The maximum Gasteiger partial charge on any atom is 0.410 e. The van der Waals surface area contributed by atoms with Crippen LogP contribution >= 0.6 is 0 Å². The lowest BCUT2D eigenvalue weighted by Gasteiger charge is -2.30. The molecule has 1 saturated heterocycles. The molecule has 0 spiro atoms. The van der Waals surface area contributed by atoms with Gasteiger partial charge in [-0.05, 0) is 40.0 Å². The molecule has 5 rings (SSSR count). The number of nitrogens with zero attached hydrogens (tertiary/aromatic N) is 2. The molecule has 1 fully saturated rings. The Morgan fingerprint density at radius 2 is 1.66 bits per heavy atom. The molecule has 0 saturated carbocycles. The van der Waals surface area contributed by atoms with Crippen molar-refractivity contribution >= 4 is 23.6 Å². The van der Waals surface area contributed by atoms with Crippen LogP contribution in [0.5, 0.6) is 0 Å². The fourth-order valence-corrected chi connectivity index (χ4v) is 6.46. The predicted molar refractivity (Wildman–Crippen MR) is 156 cm³/mol. The lowest BCUT2D eigenvalue weighted by molar-refractivity contribution is -0.141. The minimum Gasteiger partial charge on any atom is -0.511 e. The summed E-state index contributed by atoms with van der Waals surface area (Å²) in [7, 11) is 0. The third-order valence-corrected chi connectivity index (χ3v) is 8.22. The van der Waals surface area contributed by atoms with Crippen molar-refractivity contribution in [2.24, 2.45) is 16.3 Å². The Morgan fingerprint density at radius 1 is 1.05 bits per heavy atom. The van der Waals surface area contributed by atoms with Crippen LogP contribution in [0.3, 0.4) is 0 Å². The number of aliphatic hydroxyl groups is 1. The quantitative estimate of drug-likeness (QED) is 0.394. The van der Waals surface area contributed by atoms with Gasteiger partial charge in [-0.3, -0.25) is 14.7 Å². The van der Waals surface area contributed by atoms with Gasteiger partial charge in [0.25, 0.3) is 0 Å². The average molecular weight is 559 g/mol. The van der Waals surface area contributed by atoms with E-state index in [1.807, 2.05) is 64.1 Å². The van der Waals surface area contributed by atoms with Crippen molar-refractivity contribution < 1.29 is 29.3 Å². The summed E-state index contributed by atoms with van der Waals surface area (Å²) in [5.41, 5.74) is 4.78. The highest BCUT2D eigenvalue weighted by Crippen LogP contribution is 2.44. The first-order valence-corrected chi connectivity index (χ1v) is 14.3. The van der Waals surface area contributed by atoms with Gasteiger partial charge in [-0.1, -0.05) is 76.2 Å². The van der Waals surface area contributed by atoms with Gasteiger partial charge in [0.15, 0.2) is 5.78 Å². The monoisotopic (exact) mass is 558 g/mol. The molecule has 41 heavy (non-hydrogen) atoms. The summed E-state index contributed by atoms with van der Waals surface area (Å²) in [6.45, 7) is 8.04. The van der Waals surface area contributed by atoms with Crippen molar-refractivity contribution in [1.29, 1.82) is 0 Å². The van der Waals surface area contributed by atoms with Crippen LogP contribution in [0.25, 0.3) is 11.1 Å². The summed E-state index contributed by atoms with van der Waals surface area (Å²) in [6, 6.07) is 14.4. The van der Waals surface area contributed by atoms with Crippen LogP contribution in [-0.2, 0) is 14.3 Å². The Kier molecular flexibility index (Phi) is 7.77. The molecule has 1 amide bonds. The molecule has 0 unspecified atom stereocenters. The first-order valence-electron chi connectivity index (χ1n) is 14.3.